The third-order valence-corrected chi connectivity index (χ3v) is 3.45. The SMILES string of the molecule is O=[N+]([O-])c1ccc(CCN[C@H]2CCC[C@@H]2O)cc1. The number of hydrogen-bond donors (Lipinski definition) is 2. The molecule has 0 amide bonds. The Balaban J connectivity index is 1.78. The molecule has 18 heavy (non-hydrogen) atoms. The van der Waals surface area contributed by atoms with Gasteiger partial charge in [0.05, 0.1) is 11.0 Å². The molecule has 1 aliphatic carbocycles. The summed E-state index contributed by atoms with van der Waals surface area (Å²) in [6.45, 7) is 0.791. The largest absolute Gasteiger partial charge is 0.392 e. The van der Waals surface area contributed by atoms with E-state index in [9.17, 15) is 15.2 Å². The Morgan fingerprint density at radius 3 is 2.61 bits per heavy atom. The number of hydrogen-bond acceptors (Lipinski definition) is 4. The van der Waals surface area contributed by atoms with Gasteiger partial charge < -0.3 is 10.4 Å². The predicted molar refractivity (Wildman–Crippen MR) is 68.4 cm³/mol. The second kappa shape index (κ2) is 5.93. The minimum atomic E-state index is -0.392. The number of nitro benzene ring substituents is 1. The summed E-state index contributed by atoms with van der Waals surface area (Å²) in [6, 6.07) is 6.83. The van der Waals surface area contributed by atoms with E-state index in [-0.39, 0.29) is 17.8 Å². The fourth-order valence-electron chi connectivity index (χ4n) is 2.36. The summed E-state index contributed by atoms with van der Waals surface area (Å²) in [6.07, 6.45) is 3.59. The Morgan fingerprint density at radius 1 is 1.33 bits per heavy atom. The lowest BCUT2D eigenvalue weighted by atomic mass is 10.1. The highest BCUT2D eigenvalue weighted by Crippen LogP contribution is 2.18. The molecule has 1 aromatic carbocycles. The van der Waals surface area contributed by atoms with Crippen molar-refractivity contribution in [1.29, 1.82) is 0 Å². The molecule has 0 saturated heterocycles. The van der Waals surface area contributed by atoms with E-state index in [4.69, 9.17) is 0 Å². The number of nitrogens with zero attached hydrogens (tertiary/aromatic N) is 1. The van der Waals surface area contributed by atoms with Crippen molar-refractivity contribution < 1.29 is 10.0 Å². The summed E-state index contributed by atoms with van der Waals surface area (Å²) in [7, 11) is 0. The maximum absolute atomic E-state index is 10.5. The average Bonchev–Trinajstić information content (AvgIpc) is 2.76. The van der Waals surface area contributed by atoms with Crippen LogP contribution < -0.4 is 5.32 Å². The molecule has 0 spiro atoms. The first-order valence-electron chi connectivity index (χ1n) is 6.31. The molecule has 1 fully saturated rings. The van der Waals surface area contributed by atoms with Crippen LogP contribution in [0.15, 0.2) is 24.3 Å². The van der Waals surface area contributed by atoms with Crippen molar-refractivity contribution >= 4 is 5.69 Å². The molecule has 0 radical (unpaired) electrons. The molecular weight excluding hydrogens is 232 g/mol. The van der Waals surface area contributed by atoms with E-state index in [0.29, 0.717) is 0 Å². The first kappa shape index (κ1) is 13.0. The highest BCUT2D eigenvalue weighted by Gasteiger charge is 2.23. The molecule has 1 aliphatic rings. The predicted octanol–water partition coefficient (Wildman–Crippen LogP) is 1.64. The Kier molecular flexibility index (Phi) is 4.28. The lowest BCUT2D eigenvalue weighted by Gasteiger charge is -2.16. The molecule has 2 N–H and O–H groups in total. The third-order valence-electron chi connectivity index (χ3n) is 3.45. The van der Waals surface area contributed by atoms with Crippen LogP contribution in [0.5, 0.6) is 0 Å². The Morgan fingerprint density at radius 2 is 2.06 bits per heavy atom. The van der Waals surface area contributed by atoms with Gasteiger partial charge in [0.25, 0.3) is 5.69 Å². The van der Waals surface area contributed by atoms with Crippen molar-refractivity contribution in [2.24, 2.45) is 0 Å². The first-order chi connectivity index (χ1) is 8.66. The van der Waals surface area contributed by atoms with Crippen LogP contribution in [0, 0.1) is 10.1 Å². The molecular formula is C13H18N2O3. The van der Waals surface area contributed by atoms with Gasteiger partial charge in [-0.3, -0.25) is 10.1 Å². The van der Waals surface area contributed by atoms with Crippen LogP contribution in [0.2, 0.25) is 0 Å². The minimum Gasteiger partial charge on any atom is -0.392 e. The van der Waals surface area contributed by atoms with Crippen molar-refractivity contribution in [3.05, 3.63) is 39.9 Å². The summed E-state index contributed by atoms with van der Waals surface area (Å²) in [5.74, 6) is 0. The van der Waals surface area contributed by atoms with Gasteiger partial charge in [-0.25, -0.2) is 0 Å². The van der Waals surface area contributed by atoms with Crippen LogP contribution in [0.25, 0.3) is 0 Å². The van der Waals surface area contributed by atoms with Crippen LogP contribution in [0.3, 0.4) is 0 Å². The normalized spacial score (nSPS) is 23.2. The maximum Gasteiger partial charge on any atom is 0.269 e. The lowest BCUT2D eigenvalue weighted by molar-refractivity contribution is -0.384. The van der Waals surface area contributed by atoms with E-state index in [1.165, 1.54) is 12.1 Å². The number of nitrogens with one attached hydrogen (secondary N) is 1. The molecule has 2 rings (SSSR count). The standard InChI is InChI=1S/C13H18N2O3/c16-13-3-1-2-12(13)14-9-8-10-4-6-11(7-5-10)15(17)18/h4-7,12-14,16H,1-3,8-9H2/t12-,13-/m0/s1. The second-order valence-corrected chi connectivity index (χ2v) is 4.73. The first-order valence-corrected chi connectivity index (χ1v) is 6.31. The molecule has 0 unspecified atom stereocenters. The number of nitro groups is 1. The van der Waals surface area contributed by atoms with Crippen LogP contribution in [0.4, 0.5) is 5.69 Å². The molecule has 5 nitrogen and oxygen atoms in total. The molecule has 1 saturated carbocycles. The van der Waals surface area contributed by atoms with E-state index in [1.807, 2.05) is 0 Å². The van der Waals surface area contributed by atoms with Crippen LogP contribution in [0.1, 0.15) is 24.8 Å². The van der Waals surface area contributed by atoms with Crippen molar-refractivity contribution in [2.45, 2.75) is 37.8 Å². The Hall–Kier alpha value is -1.46. The number of rotatable bonds is 5. The van der Waals surface area contributed by atoms with Gasteiger partial charge in [-0.1, -0.05) is 12.1 Å². The molecule has 1 aromatic rings. The zero-order chi connectivity index (χ0) is 13.0. The summed E-state index contributed by atoms with van der Waals surface area (Å²) < 4.78 is 0. The Labute approximate surface area is 106 Å². The lowest BCUT2D eigenvalue weighted by Crippen LogP contribution is -2.36. The molecule has 5 heteroatoms. The molecule has 0 heterocycles. The highest BCUT2D eigenvalue weighted by molar-refractivity contribution is 5.32. The fraction of sp³-hybridized carbons (Fsp3) is 0.538. The van der Waals surface area contributed by atoms with Crippen LogP contribution >= 0.6 is 0 Å². The van der Waals surface area contributed by atoms with E-state index in [1.54, 1.807) is 12.1 Å². The monoisotopic (exact) mass is 250 g/mol. The molecule has 0 aliphatic heterocycles. The van der Waals surface area contributed by atoms with Crippen molar-refractivity contribution in [3.8, 4) is 0 Å². The number of non-ortho nitro benzene ring substituents is 1. The highest BCUT2D eigenvalue weighted by atomic mass is 16.6. The molecule has 0 bridgehead atoms. The van der Waals surface area contributed by atoms with Gasteiger partial charge in [-0.2, -0.15) is 0 Å². The van der Waals surface area contributed by atoms with Gasteiger partial charge in [0.15, 0.2) is 0 Å². The summed E-state index contributed by atoms with van der Waals surface area (Å²) in [5.41, 5.74) is 1.19. The van der Waals surface area contributed by atoms with Gasteiger partial charge >= 0.3 is 0 Å². The van der Waals surface area contributed by atoms with Crippen LogP contribution in [-0.4, -0.2) is 28.7 Å². The molecule has 0 aromatic heterocycles. The van der Waals surface area contributed by atoms with Crippen molar-refractivity contribution in [1.82, 2.24) is 5.32 Å². The molecule has 2 atom stereocenters. The number of aliphatic hydroxyl groups is 1. The van der Waals surface area contributed by atoms with Gasteiger partial charge in [-0.05, 0) is 37.8 Å². The zero-order valence-electron chi connectivity index (χ0n) is 10.2. The number of benzene rings is 1. The van der Waals surface area contributed by atoms with Gasteiger partial charge in [0, 0.05) is 18.2 Å². The minimum absolute atomic E-state index is 0.123. The maximum atomic E-state index is 10.5. The van der Waals surface area contributed by atoms with E-state index >= 15 is 0 Å². The summed E-state index contributed by atoms with van der Waals surface area (Å²) in [5, 5.41) is 23.5. The van der Waals surface area contributed by atoms with Crippen molar-refractivity contribution in [2.75, 3.05) is 6.54 Å². The van der Waals surface area contributed by atoms with E-state index < -0.39 is 4.92 Å². The smallest absolute Gasteiger partial charge is 0.269 e. The van der Waals surface area contributed by atoms with Crippen molar-refractivity contribution in [3.63, 3.8) is 0 Å². The quantitative estimate of drug-likeness (QED) is 0.615. The van der Waals surface area contributed by atoms with E-state index in [0.717, 1.165) is 37.8 Å². The Bertz CT molecular complexity index is 405. The van der Waals surface area contributed by atoms with Crippen LogP contribution in [-0.2, 0) is 6.42 Å². The topological polar surface area (TPSA) is 75.4 Å². The van der Waals surface area contributed by atoms with Gasteiger partial charge in [-0.15, -0.1) is 0 Å². The summed E-state index contributed by atoms with van der Waals surface area (Å²) in [4.78, 5) is 10.1. The van der Waals surface area contributed by atoms with E-state index in [2.05, 4.69) is 5.32 Å². The fourth-order valence-corrected chi connectivity index (χ4v) is 2.36. The van der Waals surface area contributed by atoms with Gasteiger partial charge in [0.2, 0.25) is 0 Å². The van der Waals surface area contributed by atoms with Gasteiger partial charge in [0.1, 0.15) is 0 Å². The number of aliphatic hydroxyl groups excluding tert-OH is 1. The zero-order valence-corrected chi connectivity index (χ0v) is 10.2. The summed E-state index contributed by atoms with van der Waals surface area (Å²) >= 11 is 0. The third kappa shape index (κ3) is 3.27. The average molecular weight is 250 g/mol. The second-order valence-electron chi connectivity index (χ2n) is 4.73. The molecule has 98 valence electrons.